The van der Waals surface area contributed by atoms with Crippen molar-refractivity contribution in [3.05, 3.63) is 98.5 Å². The van der Waals surface area contributed by atoms with Gasteiger partial charge in [-0.3, -0.25) is 4.79 Å². The largest absolute Gasteiger partial charge is 0.459 e. The van der Waals surface area contributed by atoms with E-state index in [-0.39, 0.29) is 11.8 Å². The molecule has 4 nitrogen and oxygen atoms in total. The van der Waals surface area contributed by atoms with Gasteiger partial charge >= 0.3 is 0 Å². The first-order valence-corrected chi connectivity index (χ1v) is 10.9. The van der Waals surface area contributed by atoms with Gasteiger partial charge in [-0.25, -0.2) is 5.01 Å². The summed E-state index contributed by atoms with van der Waals surface area (Å²) in [5.41, 5.74) is 5.61. The monoisotopic (exact) mass is 450 g/mol. The number of halogens is 2. The number of hydrogen-bond acceptors (Lipinski definition) is 4. The molecule has 0 bridgehead atoms. The Morgan fingerprint density at radius 2 is 1.65 bits per heavy atom. The summed E-state index contributed by atoms with van der Waals surface area (Å²) < 4.78 is 6.16. The highest BCUT2D eigenvalue weighted by Gasteiger charge is 2.44. The van der Waals surface area contributed by atoms with Crippen molar-refractivity contribution in [3.63, 3.8) is 0 Å². The molecule has 0 spiro atoms. The number of ketones is 1. The van der Waals surface area contributed by atoms with E-state index >= 15 is 0 Å². The fraction of sp³-hybridized carbons (Fsp3) is 0.200. The second-order valence-corrected chi connectivity index (χ2v) is 8.86. The van der Waals surface area contributed by atoms with E-state index in [0.717, 1.165) is 22.4 Å². The van der Waals surface area contributed by atoms with Crippen LogP contribution in [0.15, 0.2) is 65.8 Å². The van der Waals surface area contributed by atoms with Gasteiger partial charge in [-0.15, -0.1) is 0 Å². The average Bonchev–Trinajstić information content (AvgIpc) is 3.19. The number of carbonyl (C=O) groups is 1. The Bertz CT molecular complexity index is 1200. The summed E-state index contributed by atoms with van der Waals surface area (Å²) >= 11 is 12.8. The Morgan fingerprint density at radius 1 is 1.00 bits per heavy atom. The SMILES string of the molecule is Cc1ccc(C(=O)[C@@H]2Oc3c(Cl)cc(Cl)cc3[C@@H]3CC(c4ccc(C)cc4)=NN23)cc1. The van der Waals surface area contributed by atoms with Crippen LogP contribution in [0.3, 0.4) is 0 Å². The zero-order valence-corrected chi connectivity index (χ0v) is 18.6. The number of fused-ring (bicyclic) bond motifs is 3. The van der Waals surface area contributed by atoms with Crippen molar-refractivity contribution in [2.24, 2.45) is 5.10 Å². The molecule has 5 rings (SSSR count). The van der Waals surface area contributed by atoms with E-state index in [4.69, 9.17) is 33.0 Å². The summed E-state index contributed by atoms with van der Waals surface area (Å²) in [6.07, 6.45) is -0.268. The topological polar surface area (TPSA) is 41.9 Å². The average molecular weight is 451 g/mol. The maximum atomic E-state index is 13.4. The van der Waals surface area contributed by atoms with Gasteiger partial charge in [0.15, 0.2) is 0 Å². The smallest absolute Gasteiger partial charge is 0.251 e. The molecule has 3 aromatic rings. The van der Waals surface area contributed by atoms with Crippen molar-refractivity contribution in [2.75, 3.05) is 0 Å². The van der Waals surface area contributed by atoms with Gasteiger partial charge in [0.05, 0.1) is 16.8 Å². The van der Waals surface area contributed by atoms with E-state index in [0.29, 0.717) is 27.8 Å². The number of benzene rings is 3. The van der Waals surface area contributed by atoms with Crippen molar-refractivity contribution in [1.82, 2.24) is 5.01 Å². The maximum Gasteiger partial charge on any atom is 0.251 e. The molecule has 3 aromatic carbocycles. The molecular formula is C25H20Cl2N2O2. The lowest BCUT2D eigenvalue weighted by Crippen LogP contribution is -2.46. The number of carbonyl (C=O) groups excluding carboxylic acids is 1. The standard InChI is InChI=1S/C25H20Cl2N2O2/c1-14-3-7-16(8-4-14)21-13-22-19-11-18(26)12-20(27)24(19)31-25(29(22)28-21)23(30)17-9-5-15(2)6-10-17/h3-12,22,25H,13H2,1-2H3/t22-,25-/m0/s1. The molecule has 0 fully saturated rings. The van der Waals surface area contributed by atoms with E-state index in [2.05, 4.69) is 24.3 Å². The van der Waals surface area contributed by atoms with Gasteiger partial charge in [0.25, 0.3) is 6.23 Å². The highest BCUT2D eigenvalue weighted by Crippen LogP contribution is 2.47. The van der Waals surface area contributed by atoms with Crippen molar-refractivity contribution in [2.45, 2.75) is 32.5 Å². The van der Waals surface area contributed by atoms with Crippen LogP contribution in [0.4, 0.5) is 0 Å². The summed E-state index contributed by atoms with van der Waals surface area (Å²) in [6.45, 7) is 4.04. The number of rotatable bonds is 3. The zero-order valence-electron chi connectivity index (χ0n) is 17.1. The van der Waals surface area contributed by atoms with E-state index in [1.54, 1.807) is 11.1 Å². The molecule has 2 aliphatic rings. The molecule has 0 saturated heterocycles. The Labute approximate surface area is 191 Å². The van der Waals surface area contributed by atoms with Crippen LogP contribution in [0.25, 0.3) is 0 Å². The van der Waals surface area contributed by atoms with Gasteiger partial charge in [0.2, 0.25) is 5.78 Å². The maximum absolute atomic E-state index is 13.4. The molecule has 0 amide bonds. The second-order valence-electron chi connectivity index (χ2n) is 8.02. The predicted octanol–water partition coefficient (Wildman–Crippen LogP) is 6.36. The van der Waals surface area contributed by atoms with Crippen molar-refractivity contribution in [3.8, 4) is 5.75 Å². The third-order valence-corrected chi connectivity index (χ3v) is 6.25. The number of hydrazone groups is 1. The molecule has 31 heavy (non-hydrogen) atoms. The van der Waals surface area contributed by atoms with E-state index in [1.807, 2.05) is 44.2 Å². The second kappa shape index (κ2) is 7.70. The molecular weight excluding hydrogens is 431 g/mol. The lowest BCUT2D eigenvalue weighted by atomic mass is 9.95. The number of aryl methyl sites for hydroxylation is 2. The minimum absolute atomic E-state index is 0.157. The first kappa shape index (κ1) is 20.1. The number of Topliss-reactive ketones (excluding diaryl/α,β-unsaturated/α-hetero) is 1. The molecule has 0 saturated carbocycles. The Kier molecular flexibility index (Phi) is 4.99. The highest BCUT2D eigenvalue weighted by atomic mass is 35.5. The summed E-state index contributed by atoms with van der Waals surface area (Å²) in [7, 11) is 0. The first-order chi connectivity index (χ1) is 14.9. The number of nitrogens with zero attached hydrogens (tertiary/aromatic N) is 2. The number of ether oxygens (including phenoxy) is 1. The van der Waals surface area contributed by atoms with Crippen LogP contribution in [-0.2, 0) is 0 Å². The van der Waals surface area contributed by atoms with Crippen LogP contribution < -0.4 is 4.74 Å². The van der Waals surface area contributed by atoms with Crippen LogP contribution in [0.2, 0.25) is 10.0 Å². The Hall–Kier alpha value is -2.82. The van der Waals surface area contributed by atoms with Crippen LogP contribution in [-0.4, -0.2) is 22.7 Å². The van der Waals surface area contributed by atoms with Crippen LogP contribution >= 0.6 is 23.2 Å². The van der Waals surface area contributed by atoms with E-state index in [9.17, 15) is 4.79 Å². The fourth-order valence-corrected chi connectivity index (χ4v) is 4.62. The van der Waals surface area contributed by atoms with E-state index < -0.39 is 6.23 Å². The summed E-state index contributed by atoms with van der Waals surface area (Å²) in [4.78, 5) is 13.4. The molecule has 2 atom stereocenters. The fourth-order valence-electron chi connectivity index (χ4n) is 4.07. The van der Waals surface area contributed by atoms with Crippen molar-refractivity contribution in [1.29, 1.82) is 0 Å². The molecule has 0 radical (unpaired) electrons. The van der Waals surface area contributed by atoms with Crippen LogP contribution in [0.5, 0.6) is 5.75 Å². The van der Waals surface area contributed by atoms with Crippen molar-refractivity contribution >= 4 is 34.7 Å². The normalized spacial score (nSPS) is 19.4. The van der Waals surface area contributed by atoms with Gasteiger partial charge in [-0.2, -0.15) is 5.10 Å². The Balaban J connectivity index is 1.59. The molecule has 0 aromatic heterocycles. The summed E-state index contributed by atoms with van der Waals surface area (Å²) in [6, 6.07) is 19.0. The van der Waals surface area contributed by atoms with Gasteiger partial charge in [-0.1, -0.05) is 82.9 Å². The van der Waals surface area contributed by atoms with Crippen LogP contribution in [0, 0.1) is 13.8 Å². The molecule has 0 unspecified atom stereocenters. The highest BCUT2D eigenvalue weighted by molar-refractivity contribution is 6.35. The van der Waals surface area contributed by atoms with E-state index in [1.165, 1.54) is 5.56 Å². The van der Waals surface area contributed by atoms with Gasteiger partial charge in [0, 0.05) is 22.6 Å². The first-order valence-electron chi connectivity index (χ1n) is 10.1. The molecule has 2 heterocycles. The molecule has 0 aliphatic carbocycles. The molecule has 156 valence electrons. The van der Waals surface area contributed by atoms with Gasteiger partial charge < -0.3 is 4.74 Å². The minimum atomic E-state index is -0.901. The minimum Gasteiger partial charge on any atom is -0.459 e. The summed E-state index contributed by atoms with van der Waals surface area (Å²) in [5.74, 6) is 0.341. The third-order valence-electron chi connectivity index (χ3n) is 5.75. The zero-order chi connectivity index (χ0) is 21.7. The lowest BCUT2D eigenvalue weighted by Gasteiger charge is -2.37. The Morgan fingerprint density at radius 3 is 2.32 bits per heavy atom. The van der Waals surface area contributed by atoms with Gasteiger partial charge in [-0.05, 0) is 31.5 Å². The quantitative estimate of drug-likeness (QED) is 0.435. The predicted molar refractivity (Wildman–Crippen MR) is 123 cm³/mol. The van der Waals surface area contributed by atoms with Crippen molar-refractivity contribution < 1.29 is 9.53 Å². The lowest BCUT2D eigenvalue weighted by molar-refractivity contribution is -0.00447. The molecule has 0 N–H and O–H groups in total. The van der Waals surface area contributed by atoms with Gasteiger partial charge in [0.1, 0.15) is 5.75 Å². The molecule has 2 aliphatic heterocycles. The third kappa shape index (κ3) is 3.60. The number of hydrogen-bond donors (Lipinski definition) is 0. The summed E-state index contributed by atoms with van der Waals surface area (Å²) in [5, 5.41) is 7.51. The van der Waals surface area contributed by atoms with Crippen LogP contribution in [0.1, 0.15) is 45.1 Å². The molecule has 6 heteroatoms.